The van der Waals surface area contributed by atoms with Crippen molar-refractivity contribution in [2.75, 3.05) is 13.1 Å². The molecule has 0 unspecified atom stereocenters. The van der Waals surface area contributed by atoms with Crippen LogP contribution in [0.15, 0.2) is 48.5 Å². The molecular formula is C20H18F3N3O5. The van der Waals surface area contributed by atoms with Crippen molar-refractivity contribution in [3.05, 3.63) is 54.1 Å². The molecule has 0 spiro atoms. The predicted octanol–water partition coefficient (Wildman–Crippen LogP) is 0.352. The molecular weight excluding hydrogens is 419 g/mol. The summed E-state index contributed by atoms with van der Waals surface area (Å²) >= 11 is 0. The number of nitrogens with one attached hydrogen (secondary N) is 1. The molecule has 0 saturated carbocycles. The lowest BCUT2D eigenvalue weighted by Crippen LogP contribution is -2.45. The first-order valence-corrected chi connectivity index (χ1v) is 8.89. The van der Waals surface area contributed by atoms with Crippen LogP contribution in [0.25, 0.3) is 21.8 Å². The molecule has 1 amide bonds. The highest BCUT2D eigenvalue weighted by molar-refractivity contribution is 6.12. The van der Waals surface area contributed by atoms with Gasteiger partial charge < -0.3 is 26.1 Å². The summed E-state index contributed by atoms with van der Waals surface area (Å²) < 4.78 is 33.4. The van der Waals surface area contributed by atoms with Gasteiger partial charge in [-0.05, 0) is 12.1 Å². The van der Waals surface area contributed by atoms with E-state index in [1.807, 2.05) is 28.8 Å². The van der Waals surface area contributed by atoms with Gasteiger partial charge in [0, 0.05) is 25.2 Å². The number of nitrogens with zero attached hydrogens (tertiary/aromatic N) is 1. The van der Waals surface area contributed by atoms with Gasteiger partial charge in [-0.1, -0.05) is 24.3 Å². The fourth-order valence-corrected chi connectivity index (χ4v) is 2.93. The molecule has 0 saturated heterocycles. The van der Waals surface area contributed by atoms with Gasteiger partial charge in [-0.2, -0.15) is 17.7 Å². The summed E-state index contributed by atoms with van der Waals surface area (Å²) in [5.74, 6) is -4.15. The zero-order chi connectivity index (χ0) is 23.2. The Morgan fingerprint density at radius 1 is 1.00 bits per heavy atom. The first kappa shape index (κ1) is 23.5. The number of alkyl halides is 3. The number of benzene rings is 2. The molecule has 3 aromatic rings. The maximum absolute atomic E-state index is 12.2. The quantitative estimate of drug-likeness (QED) is 0.389. The summed E-state index contributed by atoms with van der Waals surface area (Å²) in [5, 5.41) is 22.4. The summed E-state index contributed by atoms with van der Waals surface area (Å²) in [7, 11) is 0. The van der Waals surface area contributed by atoms with Crippen molar-refractivity contribution in [3.8, 4) is 0 Å². The largest absolute Gasteiger partial charge is 0.542 e. The first-order chi connectivity index (χ1) is 14.6. The smallest absolute Gasteiger partial charge is 0.430 e. The highest BCUT2D eigenvalue weighted by atomic mass is 19.4. The lowest BCUT2D eigenvalue weighted by molar-refractivity contribution is -0.632. The number of para-hydroxylation sites is 2. The van der Waals surface area contributed by atoms with E-state index in [2.05, 4.69) is 5.32 Å². The molecule has 0 aliphatic heterocycles. The van der Waals surface area contributed by atoms with Crippen LogP contribution in [0, 0.1) is 0 Å². The van der Waals surface area contributed by atoms with Crippen molar-refractivity contribution in [2.24, 2.45) is 5.73 Å². The van der Waals surface area contributed by atoms with Gasteiger partial charge >= 0.3 is 12.1 Å². The molecule has 0 radical (unpaired) electrons. The van der Waals surface area contributed by atoms with E-state index in [0.29, 0.717) is 34.9 Å². The molecule has 1 aromatic heterocycles. The third-order valence-electron chi connectivity index (χ3n) is 4.14. The van der Waals surface area contributed by atoms with Crippen LogP contribution in [0.3, 0.4) is 0 Å². The molecule has 164 valence electrons. The number of rotatable bonds is 5. The van der Waals surface area contributed by atoms with Crippen LogP contribution in [0.5, 0.6) is 0 Å². The number of amides is 1. The first-order valence-electron chi connectivity index (χ1n) is 8.89. The standard InChI is InChI=1S/C18H17N3O3.C2HF3O2/c19-9-10-20-16(22)11-21-14-7-3-1-5-12(14)17(18(23)24)13-6-2-4-8-15(13)21;3-2(4,5)1(6)7/h1-8H,9-11,19H2,(H-,20,22,23,24);(H,6,7). The minimum absolute atomic E-state index is 0.0981. The van der Waals surface area contributed by atoms with Crippen molar-refractivity contribution < 1.29 is 42.3 Å². The zero-order valence-electron chi connectivity index (χ0n) is 16.0. The molecule has 0 bridgehead atoms. The Hall–Kier alpha value is -3.73. The van der Waals surface area contributed by atoms with Crippen LogP contribution in [0.2, 0.25) is 0 Å². The fraction of sp³-hybridized carbons (Fsp3) is 0.200. The highest BCUT2D eigenvalue weighted by Crippen LogP contribution is 2.24. The minimum Gasteiger partial charge on any atom is -0.542 e. The number of carbonyl (C=O) groups excluding carboxylic acids is 2. The van der Waals surface area contributed by atoms with E-state index in [-0.39, 0.29) is 18.0 Å². The highest BCUT2D eigenvalue weighted by Gasteiger charge is 2.29. The van der Waals surface area contributed by atoms with E-state index < -0.39 is 18.1 Å². The SMILES string of the molecule is NCCNC(=O)C[n+]1c2ccccc2c(C(=O)O)c2ccccc21.O=C([O-])C(F)(F)F. The average Bonchev–Trinajstić information content (AvgIpc) is 2.71. The van der Waals surface area contributed by atoms with Crippen molar-refractivity contribution in [3.63, 3.8) is 0 Å². The third kappa shape index (κ3) is 5.66. The Morgan fingerprint density at radius 3 is 1.84 bits per heavy atom. The molecule has 0 atom stereocenters. The second kappa shape index (κ2) is 9.85. The summed E-state index contributed by atoms with van der Waals surface area (Å²) in [6, 6.07) is 14.4. The maximum atomic E-state index is 12.2. The van der Waals surface area contributed by atoms with Gasteiger partial charge in [-0.25, -0.2) is 4.79 Å². The number of carboxylic acids is 2. The van der Waals surface area contributed by atoms with E-state index in [0.717, 1.165) is 0 Å². The van der Waals surface area contributed by atoms with Crippen LogP contribution in [-0.4, -0.2) is 42.2 Å². The van der Waals surface area contributed by atoms with Crippen LogP contribution in [0.4, 0.5) is 13.2 Å². The molecule has 0 aliphatic rings. The Kier molecular flexibility index (Phi) is 7.48. The number of pyridine rings is 1. The topological polar surface area (TPSA) is 136 Å². The van der Waals surface area contributed by atoms with Crippen molar-refractivity contribution in [1.29, 1.82) is 0 Å². The molecule has 8 nitrogen and oxygen atoms in total. The van der Waals surface area contributed by atoms with Crippen molar-refractivity contribution in [1.82, 2.24) is 5.32 Å². The molecule has 4 N–H and O–H groups in total. The second-order valence-electron chi connectivity index (χ2n) is 6.22. The number of aromatic carboxylic acids is 1. The summed E-state index contributed by atoms with van der Waals surface area (Å²) in [6.45, 7) is 0.874. The van der Waals surface area contributed by atoms with Crippen LogP contribution >= 0.6 is 0 Å². The van der Waals surface area contributed by atoms with Gasteiger partial charge in [0.2, 0.25) is 17.6 Å². The van der Waals surface area contributed by atoms with Crippen LogP contribution in [-0.2, 0) is 16.1 Å². The van der Waals surface area contributed by atoms with E-state index in [1.165, 1.54) is 0 Å². The lowest BCUT2D eigenvalue weighted by atomic mass is 10.0. The van der Waals surface area contributed by atoms with Gasteiger partial charge in [-0.15, -0.1) is 0 Å². The predicted molar refractivity (Wildman–Crippen MR) is 102 cm³/mol. The Labute approximate surface area is 173 Å². The van der Waals surface area contributed by atoms with Crippen LogP contribution in [0.1, 0.15) is 10.4 Å². The minimum atomic E-state index is -5.19. The molecule has 2 aromatic carbocycles. The molecule has 1 heterocycles. The molecule has 11 heteroatoms. The fourth-order valence-electron chi connectivity index (χ4n) is 2.93. The summed E-state index contributed by atoms with van der Waals surface area (Å²) in [4.78, 5) is 32.8. The Balaban J connectivity index is 0.000000423. The lowest BCUT2D eigenvalue weighted by Gasteiger charge is -2.09. The Bertz CT molecular complexity index is 1080. The number of nitrogens with two attached hydrogens (primary N) is 1. The number of hydrogen-bond donors (Lipinski definition) is 3. The van der Waals surface area contributed by atoms with Gasteiger partial charge in [-0.3, -0.25) is 4.79 Å². The number of aliphatic carboxylic acids is 1. The zero-order valence-corrected chi connectivity index (χ0v) is 16.0. The number of carbonyl (C=O) groups is 3. The van der Waals surface area contributed by atoms with Crippen molar-refractivity contribution >= 4 is 39.7 Å². The monoisotopic (exact) mass is 437 g/mol. The Morgan fingerprint density at radius 2 is 1.45 bits per heavy atom. The van der Waals surface area contributed by atoms with E-state index in [1.54, 1.807) is 24.3 Å². The van der Waals surface area contributed by atoms with Gasteiger partial charge in [0.1, 0.15) is 5.97 Å². The number of carboxylic acid groups (broad SMARTS) is 2. The normalized spacial score (nSPS) is 11.0. The number of fused-ring (bicyclic) bond motifs is 2. The molecule has 0 aliphatic carbocycles. The van der Waals surface area contributed by atoms with Gasteiger partial charge in [0.05, 0.1) is 16.3 Å². The maximum Gasteiger partial charge on any atom is 0.430 e. The van der Waals surface area contributed by atoms with Gasteiger partial charge in [0.25, 0.3) is 5.91 Å². The number of aromatic nitrogens is 1. The molecule has 3 rings (SSSR count). The average molecular weight is 437 g/mol. The van der Waals surface area contributed by atoms with Crippen molar-refractivity contribution in [2.45, 2.75) is 12.7 Å². The van der Waals surface area contributed by atoms with E-state index in [9.17, 15) is 27.9 Å². The number of halogens is 3. The number of hydrogen-bond acceptors (Lipinski definition) is 5. The van der Waals surface area contributed by atoms with Gasteiger partial charge in [0.15, 0.2) is 0 Å². The summed E-state index contributed by atoms with van der Waals surface area (Å²) in [5.41, 5.74) is 7.08. The van der Waals surface area contributed by atoms with Crippen LogP contribution < -0.4 is 20.7 Å². The van der Waals surface area contributed by atoms with E-state index >= 15 is 0 Å². The molecule has 0 fully saturated rings. The second-order valence-corrected chi connectivity index (χ2v) is 6.22. The third-order valence-corrected chi connectivity index (χ3v) is 4.14. The summed E-state index contributed by atoms with van der Waals surface area (Å²) in [6.07, 6.45) is -5.19. The van der Waals surface area contributed by atoms with E-state index in [4.69, 9.17) is 15.6 Å². The molecule has 31 heavy (non-hydrogen) atoms.